The number of nitrogens with one attached hydrogen (secondary N) is 1. The summed E-state index contributed by atoms with van der Waals surface area (Å²) in [5.74, 6) is 0.952. The van der Waals surface area contributed by atoms with Crippen LogP contribution < -0.4 is 5.32 Å². The Kier molecular flexibility index (Phi) is 9.69. The van der Waals surface area contributed by atoms with E-state index in [0.29, 0.717) is 6.04 Å². The number of aliphatic imine (C=N–C) groups is 1. The summed E-state index contributed by atoms with van der Waals surface area (Å²) in [6, 6.07) is 9.41. The van der Waals surface area contributed by atoms with Gasteiger partial charge in [0.25, 0.3) is 0 Å². The lowest BCUT2D eigenvalue weighted by atomic mass is 10.2. The first-order valence-electron chi connectivity index (χ1n) is 9.67. The van der Waals surface area contributed by atoms with Crippen LogP contribution >= 0.6 is 35.7 Å². The highest BCUT2D eigenvalue weighted by Crippen LogP contribution is 2.22. The first kappa shape index (κ1) is 22.8. The average molecular weight is 504 g/mol. The smallest absolute Gasteiger partial charge is 0.194 e. The zero-order chi connectivity index (χ0) is 18.4. The van der Waals surface area contributed by atoms with E-state index in [1.54, 1.807) is 11.8 Å². The molecule has 152 valence electrons. The molecule has 0 aromatic heterocycles. The van der Waals surface area contributed by atoms with Crippen LogP contribution in [0.15, 0.2) is 34.2 Å². The van der Waals surface area contributed by atoms with Gasteiger partial charge in [0.15, 0.2) is 5.96 Å². The minimum absolute atomic E-state index is 0. The Morgan fingerprint density at radius 2 is 2.15 bits per heavy atom. The second-order valence-electron chi connectivity index (χ2n) is 7.15. The zero-order valence-corrected chi connectivity index (χ0v) is 19.8. The number of ether oxygens (including phenoxy) is 1. The largest absolute Gasteiger partial charge is 0.373 e. The fraction of sp³-hybridized carbons (Fsp3) is 0.650. The molecule has 2 fully saturated rings. The number of fused-ring (bicyclic) bond motifs is 1. The highest BCUT2D eigenvalue weighted by molar-refractivity contribution is 14.0. The summed E-state index contributed by atoms with van der Waals surface area (Å²) >= 11 is 1.77. The van der Waals surface area contributed by atoms with Crippen molar-refractivity contribution >= 4 is 41.7 Å². The number of halogens is 1. The maximum absolute atomic E-state index is 6.05. The van der Waals surface area contributed by atoms with Gasteiger partial charge in [0.1, 0.15) is 0 Å². The van der Waals surface area contributed by atoms with Crippen LogP contribution in [-0.4, -0.2) is 74.0 Å². The molecule has 2 saturated heterocycles. The summed E-state index contributed by atoms with van der Waals surface area (Å²) in [7, 11) is 2.10. The van der Waals surface area contributed by atoms with Gasteiger partial charge in [-0.2, -0.15) is 0 Å². The number of hydrogen-bond donors (Lipinski definition) is 1. The summed E-state index contributed by atoms with van der Waals surface area (Å²) in [6.07, 6.45) is 4.92. The Hall–Kier alpha value is -0.510. The van der Waals surface area contributed by atoms with Crippen molar-refractivity contribution in [2.75, 3.05) is 46.1 Å². The molecular weight excluding hydrogens is 471 g/mol. The Morgan fingerprint density at radius 1 is 1.37 bits per heavy atom. The summed E-state index contributed by atoms with van der Waals surface area (Å²) in [5, 5.41) is 3.41. The number of morpholine rings is 1. The van der Waals surface area contributed by atoms with Gasteiger partial charge in [-0.05, 0) is 50.3 Å². The van der Waals surface area contributed by atoms with Crippen molar-refractivity contribution in [2.45, 2.75) is 43.4 Å². The molecule has 0 radical (unpaired) electrons. The van der Waals surface area contributed by atoms with Crippen molar-refractivity contribution in [3.63, 3.8) is 0 Å². The van der Waals surface area contributed by atoms with Gasteiger partial charge in [0.2, 0.25) is 0 Å². The number of rotatable bonds is 6. The molecule has 0 spiro atoms. The summed E-state index contributed by atoms with van der Waals surface area (Å²) in [5.41, 5.74) is 1.30. The third-order valence-electron chi connectivity index (χ3n) is 5.18. The minimum atomic E-state index is 0. The lowest BCUT2D eigenvalue weighted by Crippen LogP contribution is -2.47. The van der Waals surface area contributed by atoms with Gasteiger partial charge in [0, 0.05) is 37.6 Å². The first-order chi connectivity index (χ1) is 12.7. The fourth-order valence-electron chi connectivity index (χ4n) is 3.73. The maximum Gasteiger partial charge on any atom is 0.194 e. The van der Waals surface area contributed by atoms with Crippen LogP contribution in [0.2, 0.25) is 0 Å². The summed E-state index contributed by atoms with van der Waals surface area (Å²) in [4.78, 5) is 10.9. The van der Waals surface area contributed by atoms with E-state index >= 15 is 0 Å². The number of nitrogens with zero attached hydrogens (tertiary/aromatic N) is 3. The van der Waals surface area contributed by atoms with Gasteiger partial charge in [-0.3, -0.25) is 9.89 Å². The third kappa shape index (κ3) is 6.51. The average Bonchev–Trinajstić information content (AvgIpc) is 3.13. The standard InChI is InChI=1S/C20H32N4OS.HI/c1-4-21-20(23(2)13-16-7-9-19(26-3)10-8-16)22-12-18-14-24-11-5-6-17(24)15-25-18;/h7-10,17-18H,4-6,11-15H2,1-3H3,(H,21,22);1H. The topological polar surface area (TPSA) is 40.1 Å². The van der Waals surface area contributed by atoms with E-state index in [2.05, 4.69) is 59.6 Å². The molecule has 0 bridgehead atoms. The predicted octanol–water partition coefficient (Wildman–Crippen LogP) is 3.29. The molecule has 1 aromatic rings. The molecular formula is C20H33IN4OS. The van der Waals surface area contributed by atoms with Crippen molar-refractivity contribution in [1.29, 1.82) is 0 Å². The van der Waals surface area contributed by atoms with E-state index in [1.165, 1.54) is 29.8 Å². The number of thioether (sulfide) groups is 1. The van der Waals surface area contributed by atoms with Crippen molar-refractivity contribution in [2.24, 2.45) is 4.99 Å². The van der Waals surface area contributed by atoms with Crippen molar-refractivity contribution in [1.82, 2.24) is 15.1 Å². The van der Waals surface area contributed by atoms with E-state index in [0.717, 1.165) is 38.7 Å². The number of guanidine groups is 1. The monoisotopic (exact) mass is 504 g/mol. The highest BCUT2D eigenvalue weighted by Gasteiger charge is 2.32. The molecule has 0 saturated carbocycles. The van der Waals surface area contributed by atoms with Gasteiger partial charge in [-0.15, -0.1) is 35.7 Å². The first-order valence-corrected chi connectivity index (χ1v) is 10.9. The highest BCUT2D eigenvalue weighted by atomic mass is 127. The van der Waals surface area contributed by atoms with Crippen LogP contribution in [-0.2, 0) is 11.3 Å². The zero-order valence-electron chi connectivity index (χ0n) is 16.7. The van der Waals surface area contributed by atoms with Crippen molar-refractivity contribution < 1.29 is 4.74 Å². The second-order valence-corrected chi connectivity index (χ2v) is 8.02. The van der Waals surface area contributed by atoms with Crippen molar-refractivity contribution in [3.8, 4) is 0 Å². The molecule has 7 heteroatoms. The summed E-state index contributed by atoms with van der Waals surface area (Å²) in [6.45, 7) is 7.67. The molecule has 2 heterocycles. The van der Waals surface area contributed by atoms with Crippen LogP contribution in [0.5, 0.6) is 0 Å². The second kappa shape index (κ2) is 11.5. The molecule has 0 amide bonds. The lowest BCUT2D eigenvalue weighted by Gasteiger charge is -2.34. The molecule has 2 atom stereocenters. The van der Waals surface area contributed by atoms with E-state index in [-0.39, 0.29) is 30.1 Å². The van der Waals surface area contributed by atoms with Crippen LogP contribution in [0.4, 0.5) is 0 Å². The molecule has 1 aromatic carbocycles. The molecule has 2 aliphatic heterocycles. The molecule has 3 rings (SSSR count). The normalized spacial score (nSPS) is 22.9. The molecule has 2 unspecified atom stereocenters. The predicted molar refractivity (Wildman–Crippen MR) is 125 cm³/mol. The minimum Gasteiger partial charge on any atom is -0.373 e. The third-order valence-corrected chi connectivity index (χ3v) is 5.93. The maximum atomic E-state index is 6.05. The van der Waals surface area contributed by atoms with Gasteiger partial charge in [0.05, 0.1) is 19.3 Å². The quantitative estimate of drug-likeness (QED) is 0.279. The van der Waals surface area contributed by atoms with Gasteiger partial charge >= 0.3 is 0 Å². The Bertz CT molecular complexity index is 598. The number of hydrogen-bond acceptors (Lipinski definition) is 4. The lowest BCUT2D eigenvalue weighted by molar-refractivity contribution is -0.0432. The van der Waals surface area contributed by atoms with Gasteiger partial charge in [-0.25, -0.2) is 0 Å². The molecule has 0 aliphatic carbocycles. The fourth-order valence-corrected chi connectivity index (χ4v) is 4.14. The van der Waals surface area contributed by atoms with Crippen molar-refractivity contribution in [3.05, 3.63) is 29.8 Å². The van der Waals surface area contributed by atoms with E-state index in [9.17, 15) is 0 Å². The van der Waals surface area contributed by atoms with E-state index in [1.807, 2.05) is 0 Å². The Balaban J connectivity index is 0.00000261. The molecule has 5 nitrogen and oxygen atoms in total. The van der Waals surface area contributed by atoms with Gasteiger partial charge in [-0.1, -0.05) is 12.1 Å². The SMILES string of the molecule is CCNC(=NCC1CN2CCCC2CO1)N(C)Cc1ccc(SC)cc1.I. The van der Waals surface area contributed by atoms with E-state index in [4.69, 9.17) is 9.73 Å². The van der Waals surface area contributed by atoms with E-state index < -0.39 is 0 Å². The van der Waals surface area contributed by atoms with Gasteiger partial charge < -0.3 is 15.0 Å². The van der Waals surface area contributed by atoms with Crippen LogP contribution in [0.3, 0.4) is 0 Å². The molecule has 1 N–H and O–H groups in total. The van der Waals surface area contributed by atoms with Crippen LogP contribution in [0, 0.1) is 0 Å². The Labute approximate surface area is 185 Å². The number of benzene rings is 1. The summed E-state index contributed by atoms with van der Waals surface area (Å²) < 4.78 is 6.05. The molecule has 27 heavy (non-hydrogen) atoms. The van der Waals surface area contributed by atoms with Crippen LogP contribution in [0.25, 0.3) is 0 Å². The Morgan fingerprint density at radius 3 is 2.85 bits per heavy atom. The molecule has 2 aliphatic rings. The van der Waals surface area contributed by atoms with Crippen LogP contribution in [0.1, 0.15) is 25.3 Å².